The molecule has 96 valence electrons. The summed E-state index contributed by atoms with van der Waals surface area (Å²) in [5, 5.41) is 12.5. The van der Waals surface area contributed by atoms with E-state index in [4.69, 9.17) is 17.3 Å². The van der Waals surface area contributed by atoms with E-state index < -0.39 is 0 Å². The van der Waals surface area contributed by atoms with Crippen LogP contribution in [0.25, 0.3) is 11.4 Å². The van der Waals surface area contributed by atoms with Crippen molar-refractivity contribution in [2.24, 2.45) is 0 Å². The van der Waals surface area contributed by atoms with Crippen LogP contribution in [0.15, 0.2) is 18.2 Å². The van der Waals surface area contributed by atoms with Crippen LogP contribution < -0.4 is 5.73 Å². The second-order valence-corrected chi connectivity index (χ2v) is 4.56. The lowest BCUT2D eigenvalue weighted by Gasteiger charge is -2.14. The average Bonchev–Trinajstić information content (AvgIpc) is 2.83. The number of anilines is 1. The van der Waals surface area contributed by atoms with E-state index in [0.717, 1.165) is 18.4 Å². The highest BCUT2D eigenvalue weighted by Crippen LogP contribution is 2.30. The quantitative estimate of drug-likeness (QED) is 0.863. The van der Waals surface area contributed by atoms with Crippen molar-refractivity contribution >= 4 is 17.3 Å². The van der Waals surface area contributed by atoms with Gasteiger partial charge in [-0.15, -0.1) is 5.10 Å². The number of rotatable bonds is 4. The van der Waals surface area contributed by atoms with Crippen molar-refractivity contribution in [3.8, 4) is 11.4 Å². The normalized spacial score (nSPS) is 11.1. The van der Waals surface area contributed by atoms with Gasteiger partial charge in [-0.1, -0.05) is 25.4 Å². The average molecular weight is 266 g/mol. The summed E-state index contributed by atoms with van der Waals surface area (Å²) in [6.45, 7) is 4.22. The SMILES string of the molecule is CCC(CC)n1nnnc1-c1cc(N)ccc1Cl. The fourth-order valence-corrected chi connectivity index (χ4v) is 2.17. The number of halogens is 1. The van der Waals surface area contributed by atoms with Gasteiger partial charge in [0.25, 0.3) is 0 Å². The van der Waals surface area contributed by atoms with Crippen molar-refractivity contribution in [3.63, 3.8) is 0 Å². The second kappa shape index (κ2) is 5.35. The molecular formula is C12H16ClN5. The van der Waals surface area contributed by atoms with Gasteiger partial charge in [0.1, 0.15) is 0 Å². The number of benzene rings is 1. The maximum Gasteiger partial charge on any atom is 0.183 e. The molecule has 0 atom stereocenters. The number of tetrazole rings is 1. The maximum atomic E-state index is 6.19. The molecule has 2 rings (SSSR count). The molecule has 18 heavy (non-hydrogen) atoms. The second-order valence-electron chi connectivity index (χ2n) is 4.16. The molecule has 0 unspecified atom stereocenters. The van der Waals surface area contributed by atoms with E-state index in [1.54, 1.807) is 18.2 Å². The lowest BCUT2D eigenvalue weighted by molar-refractivity contribution is 0.422. The predicted octanol–water partition coefficient (Wildman–Crippen LogP) is 2.94. The molecule has 2 N–H and O–H groups in total. The third kappa shape index (κ3) is 2.31. The molecule has 0 bridgehead atoms. The van der Waals surface area contributed by atoms with Crippen LogP contribution in [0.2, 0.25) is 5.02 Å². The van der Waals surface area contributed by atoms with Crippen molar-refractivity contribution in [1.82, 2.24) is 20.2 Å². The highest BCUT2D eigenvalue weighted by Gasteiger charge is 2.17. The lowest BCUT2D eigenvalue weighted by atomic mass is 10.1. The van der Waals surface area contributed by atoms with Gasteiger partial charge in [-0.05, 0) is 41.5 Å². The third-order valence-electron chi connectivity index (χ3n) is 3.01. The Morgan fingerprint density at radius 1 is 1.33 bits per heavy atom. The molecule has 5 nitrogen and oxygen atoms in total. The summed E-state index contributed by atoms with van der Waals surface area (Å²) in [5.74, 6) is 0.668. The summed E-state index contributed by atoms with van der Waals surface area (Å²) in [6.07, 6.45) is 1.93. The third-order valence-corrected chi connectivity index (χ3v) is 3.34. The van der Waals surface area contributed by atoms with Gasteiger partial charge in [0, 0.05) is 11.3 Å². The molecule has 0 saturated heterocycles. The predicted molar refractivity (Wildman–Crippen MR) is 72.3 cm³/mol. The van der Waals surface area contributed by atoms with Gasteiger partial charge in [-0.2, -0.15) is 0 Å². The molecule has 0 aliphatic rings. The number of nitrogens with zero attached hydrogens (tertiary/aromatic N) is 4. The van der Waals surface area contributed by atoms with Crippen LogP contribution in [0.3, 0.4) is 0 Å². The minimum atomic E-state index is 0.271. The van der Waals surface area contributed by atoms with Gasteiger partial charge in [-0.3, -0.25) is 0 Å². The molecule has 2 aromatic rings. The van der Waals surface area contributed by atoms with Crippen molar-refractivity contribution in [2.75, 3.05) is 5.73 Å². The number of hydrogen-bond acceptors (Lipinski definition) is 4. The minimum absolute atomic E-state index is 0.271. The Kier molecular flexibility index (Phi) is 3.81. The van der Waals surface area contributed by atoms with Gasteiger partial charge in [0.15, 0.2) is 5.82 Å². The molecule has 0 radical (unpaired) electrons. The standard InChI is InChI=1S/C12H16ClN5/c1-3-9(4-2)18-12(15-16-17-18)10-7-8(14)5-6-11(10)13/h5-7,9H,3-4,14H2,1-2H3. The van der Waals surface area contributed by atoms with E-state index in [9.17, 15) is 0 Å². The first-order valence-electron chi connectivity index (χ1n) is 6.00. The summed E-state index contributed by atoms with van der Waals surface area (Å²) >= 11 is 6.19. The van der Waals surface area contributed by atoms with E-state index in [0.29, 0.717) is 16.5 Å². The number of aromatic nitrogens is 4. The van der Waals surface area contributed by atoms with Gasteiger partial charge in [-0.25, -0.2) is 4.68 Å². The molecule has 0 aliphatic carbocycles. The van der Waals surface area contributed by atoms with Crippen LogP contribution in [0.1, 0.15) is 32.7 Å². The van der Waals surface area contributed by atoms with Crippen molar-refractivity contribution in [2.45, 2.75) is 32.7 Å². The molecule has 6 heteroatoms. The molecule has 0 saturated carbocycles. The monoisotopic (exact) mass is 265 g/mol. The lowest BCUT2D eigenvalue weighted by Crippen LogP contribution is -2.11. The van der Waals surface area contributed by atoms with Crippen molar-refractivity contribution < 1.29 is 0 Å². The van der Waals surface area contributed by atoms with Crippen LogP contribution in [0.5, 0.6) is 0 Å². The van der Waals surface area contributed by atoms with Crippen LogP contribution in [-0.4, -0.2) is 20.2 Å². The van der Waals surface area contributed by atoms with E-state index in [2.05, 4.69) is 29.4 Å². The Balaban J connectivity index is 2.51. The van der Waals surface area contributed by atoms with E-state index in [-0.39, 0.29) is 6.04 Å². The molecule has 1 heterocycles. The van der Waals surface area contributed by atoms with Crippen LogP contribution in [-0.2, 0) is 0 Å². The van der Waals surface area contributed by atoms with Gasteiger partial charge in [0.05, 0.1) is 11.1 Å². The zero-order valence-electron chi connectivity index (χ0n) is 10.5. The van der Waals surface area contributed by atoms with Gasteiger partial charge in [0.2, 0.25) is 0 Å². The molecule has 1 aromatic heterocycles. The molecular weight excluding hydrogens is 250 g/mol. The van der Waals surface area contributed by atoms with Crippen LogP contribution in [0.4, 0.5) is 5.69 Å². The zero-order chi connectivity index (χ0) is 13.1. The maximum absolute atomic E-state index is 6.19. The molecule has 1 aromatic carbocycles. The zero-order valence-corrected chi connectivity index (χ0v) is 11.2. The summed E-state index contributed by atoms with van der Waals surface area (Å²) in [6, 6.07) is 5.59. The molecule has 0 aliphatic heterocycles. The fraction of sp³-hybridized carbons (Fsp3) is 0.417. The van der Waals surface area contributed by atoms with Crippen molar-refractivity contribution in [3.05, 3.63) is 23.2 Å². The van der Waals surface area contributed by atoms with E-state index >= 15 is 0 Å². The Hall–Kier alpha value is -1.62. The summed E-state index contributed by atoms with van der Waals surface area (Å²) < 4.78 is 1.82. The van der Waals surface area contributed by atoms with Gasteiger partial charge >= 0.3 is 0 Å². The Morgan fingerprint density at radius 3 is 2.72 bits per heavy atom. The van der Waals surface area contributed by atoms with Gasteiger partial charge < -0.3 is 5.73 Å². The molecule has 0 spiro atoms. The van der Waals surface area contributed by atoms with Crippen molar-refractivity contribution in [1.29, 1.82) is 0 Å². The Morgan fingerprint density at radius 2 is 2.06 bits per heavy atom. The summed E-state index contributed by atoms with van der Waals surface area (Å²) in [5.41, 5.74) is 7.21. The van der Waals surface area contributed by atoms with E-state index in [1.807, 2.05) is 4.68 Å². The van der Waals surface area contributed by atoms with Crippen LogP contribution >= 0.6 is 11.6 Å². The topological polar surface area (TPSA) is 69.6 Å². The first-order chi connectivity index (χ1) is 8.67. The first kappa shape index (κ1) is 12.8. The number of nitrogens with two attached hydrogens (primary N) is 1. The number of hydrogen-bond donors (Lipinski definition) is 1. The first-order valence-corrected chi connectivity index (χ1v) is 6.38. The summed E-state index contributed by atoms with van der Waals surface area (Å²) in [4.78, 5) is 0. The smallest absolute Gasteiger partial charge is 0.183 e. The van der Waals surface area contributed by atoms with E-state index in [1.165, 1.54) is 0 Å². The molecule has 0 amide bonds. The molecule has 0 fully saturated rings. The highest BCUT2D eigenvalue weighted by atomic mass is 35.5. The minimum Gasteiger partial charge on any atom is -0.399 e. The van der Waals surface area contributed by atoms with Crippen LogP contribution in [0, 0.1) is 0 Å². The Labute approximate surface area is 111 Å². The Bertz CT molecular complexity index is 533. The summed E-state index contributed by atoms with van der Waals surface area (Å²) in [7, 11) is 0. The largest absolute Gasteiger partial charge is 0.399 e. The number of nitrogen functional groups attached to an aromatic ring is 1. The highest BCUT2D eigenvalue weighted by molar-refractivity contribution is 6.33. The fourth-order valence-electron chi connectivity index (χ4n) is 1.97.